The van der Waals surface area contributed by atoms with Gasteiger partial charge in [-0.15, -0.1) is 0 Å². The minimum Gasteiger partial charge on any atom is -0.463 e. The van der Waals surface area contributed by atoms with E-state index in [1.165, 1.54) is 53.9 Å². The van der Waals surface area contributed by atoms with Crippen molar-refractivity contribution in [3.05, 3.63) is 132 Å². The van der Waals surface area contributed by atoms with Crippen LogP contribution in [-0.4, -0.2) is 91.0 Å². The molecule has 76 heavy (non-hydrogen) atoms. The quantitative estimate of drug-likeness (QED) is 0.0187. The lowest BCUT2D eigenvalue weighted by molar-refractivity contribution is -0.160. The summed E-state index contributed by atoms with van der Waals surface area (Å²) >= 11 is 0. The molecule has 8 aromatic carbocycles. The molecule has 8 rings (SSSR count). The van der Waals surface area contributed by atoms with E-state index in [-0.39, 0.29) is 37.1 Å². The molecular weight excluding hydrogens is 961 g/mol. The Morgan fingerprint density at radius 2 is 0.789 bits per heavy atom. The van der Waals surface area contributed by atoms with E-state index >= 15 is 0 Å². The zero-order chi connectivity index (χ0) is 55.0. The summed E-state index contributed by atoms with van der Waals surface area (Å²) in [5.74, 6) is -1.10. The average Bonchev–Trinajstić information content (AvgIpc) is 3.44. The van der Waals surface area contributed by atoms with Gasteiger partial charge in [-0.3, -0.25) is 14.4 Å². The number of carbonyl (C=O) groups excluding carboxylic acids is 4. The number of benzene rings is 8. The zero-order valence-corrected chi connectivity index (χ0v) is 46.2. The third kappa shape index (κ3) is 14.8. The topological polar surface area (TPSA) is 142 Å². The molecule has 12 nitrogen and oxygen atoms in total. The third-order valence-corrected chi connectivity index (χ3v) is 14.0. The van der Waals surface area contributed by atoms with Crippen molar-refractivity contribution in [1.29, 1.82) is 0 Å². The summed E-state index contributed by atoms with van der Waals surface area (Å²) in [7, 11) is 3.17. The van der Waals surface area contributed by atoms with Gasteiger partial charge in [0.05, 0.1) is 55.9 Å². The van der Waals surface area contributed by atoms with Crippen molar-refractivity contribution in [3.8, 4) is 0 Å². The number of methoxy groups -OCH3 is 2. The maximum absolute atomic E-state index is 13.2. The van der Waals surface area contributed by atoms with E-state index in [4.69, 9.17) is 28.4 Å². The van der Waals surface area contributed by atoms with Crippen molar-refractivity contribution < 1.29 is 57.1 Å². The maximum Gasteiger partial charge on any atom is 0.333 e. The van der Waals surface area contributed by atoms with Crippen molar-refractivity contribution in [2.24, 2.45) is 16.2 Å². The lowest BCUT2D eigenvalue weighted by Gasteiger charge is -2.28. The molecule has 0 fully saturated rings. The van der Waals surface area contributed by atoms with Crippen LogP contribution in [-0.2, 0) is 70.3 Å². The second-order valence-corrected chi connectivity index (χ2v) is 21.1. The summed E-state index contributed by atoms with van der Waals surface area (Å²) in [6, 6.07) is 38.2. The predicted octanol–water partition coefficient (Wildman–Crippen LogP) is 13.5. The Balaban J connectivity index is 0.000000225. The van der Waals surface area contributed by atoms with E-state index in [1.807, 2.05) is 54.5 Å². The van der Waals surface area contributed by atoms with Crippen LogP contribution in [0.4, 0.5) is 0 Å². The van der Waals surface area contributed by atoms with Gasteiger partial charge in [0.1, 0.15) is 26.4 Å². The molecule has 0 N–H and O–H groups in total. The average molecular weight is 1040 g/mol. The minimum absolute atomic E-state index is 0.139. The summed E-state index contributed by atoms with van der Waals surface area (Å²) in [4.78, 5) is 49.0. The van der Waals surface area contributed by atoms with Gasteiger partial charge in [-0.1, -0.05) is 111 Å². The smallest absolute Gasteiger partial charge is 0.333 e. The Morgan fingerprint density at radius 3 is 1.22 bits per heavy atom. The largest absolute Gasteiger partial charge is 0.463 e. The third-order valence-electron chi connectivity index (χ3n) is 14.0. The second kappa shape index (κ2) is 26.9. The first-order chi connectivity index (χ1) is 36.3. The van der Waals surface area contributed by atoms with Crippen LogP contribution in [0.5, 0.6) is 0 Å². The molecule has 0 spiro atoms. The highest BCUT2D eigenvalue weighted by molar-refractivity contribution is 6.25. The Morgan fingerprint density at radius 1 is 0.434 bits per heavy atom. The second-order valence-electron chi connectivity index (χ2n) is 21.1. The molecule has 0 saturated heterocycles. The lowest BCUT2D eigenvalue weighted by atomic mass is 9.79. The number of rotatable bonds is 24. The van der Waals surface area contributed by atoms with E-state index in [9.17, 15) is 19.2 Å². The Kier molecular flexibility index (Phi) is 20.7. The van der Waals surface area contributed by atoms with Gasteiger partial charge in [0.25, 0.3) is 0 Å². The lowest BCUT2D eigenvalue weighted by Crippen LogP contribution is -2.32. The van der Waals surface area contributed by atoms with Gasteiger partial charge in [0.15, 0.2) is 0 Å². The normalized spacial score (nSPS) is 11.9. The Bertz CT molecular complexity index is 3220. The van der Waals surface area contributed by atoms with E-state index in [1.54, 1.807) is 21.1 Å². The Hall–Kier alpha value is -6.70. The van der Waals surface area contributed by atoms with Crippen LogP contribution in [0.2, 0.25) is 0 Å². The van der Waals surface area contributed by atoms with Crippen molar-refractivity contribution in [1.82, 2.24) is 0 Å². The molecule has 0 aliphatic carbocycles. The fraction of sp³-hybridized carbons (Fsp3) is 0.406. The first kappa shape index (κ1) is 58.6. The van der Waals surface area contributed by atoms with Crippen LogP contribution in [0.25, 0.3) is 64.6 Å². The van der Waals surface area contributed by atoms with Crippen LogP contribution >= 0.6 is 0 Å². The van der Waals surface area contributed by atoms with Gasteiger partial charge >= 0.3 is 23.9 Å². The van der Waals surface area contributed by atoms with E-state index in [2.05, 4.69) is 119 Å². The number of esters is 4. The van der Waals surface area contributed by atoms with Crippen molar-refractivity contribution >= 4 is 88.5 Å². The van der Waals surface area contributed by atoms with E-state index in [0.717, 1.165) is 28.3 Å². The molecule has 12 heteroatoms. The highest BCUT2D eigenvalue weighted by Crippen LogP contribution is 2.39. The van der Waals surface area contributed by atoms with Gasteiger partial charge in [-0.05, 0) is 156 Å². The first-order valence-corrected chi connectivity index (χ1v) is 26.1. The molecule has 404 valence electrons. The molecule has 0 aliphatic rings. The summed E-state index contributed by atoms with van der Waals surface area (Å²) in [5.41, 5.74) is 0.513. The standard InChI is InChI=1S/C34H42O7.C23H22O2.C7H12O3/c1-33(2,31(35)40-21-20-39-19-18-38-17-16-37-5)14-15-34(3,4)32(36)41-23-27-22-26-10-6-8-24-12-13-25-9-7-11-28(27)30(25)29(24)26;1-4-23(2,3)22(24)25-14-18-13-17-9-5-7-15-11-12-16-8-6-10-19(18)21(16)20(15)17;1-6(2)7(8)10-5-4-9-3/h6-13,22H,14-21,23H2,1-5H3;5-13H,4,14H2,1-3H3;1,4-5H2,2-3H3. The molecular formula is C64H76O12. The molecule has 0 aliphatic heterocycles. The summed E-state index contributed by atoms with van der Waals surface area (Å²) in [6.07, 6.45) is 1.74. The molecule has 0 radical (unpaired) electrons. The van der Waals surface area contributed by atoms with E-state index in [0.29, 0.717) is 71.3 Å². The molecule has 0 aromatic heterocycles. The van der Waals surface area contributed by atoms with Gasteiger partial charge in [-0.2, -0.15) is 0 Å². The summed E-state index contributed by atoms with van der Waals surface area (Å²) < 4.78 is 42.0. The summed E-state index contributed by atoms with van der Waals surface area (Å²) in [6.45, 7) is 22.0. The molecule has 0 bridgehead atoms. The van der Waals surface area contributed by atoms with Crippen molar-refractivity contribution in [2.75, 3.05) is 67.1 Å². The number of ether oxygens (including phenoxy) is 8. The molecule has 0 saturated carbocycles. The number of carbonyl (C=O) groups is 4. The highest BCUT2D eigenvalue weighted by atomic mass is 16.6. The van der Waals surface area contributed by atoms with Crippen LogP contribution in [0.3, 0.4) is 0 Å². The number of hydrogen-bond donors (Lipinski definition) is 0. The molecule has 0 amide bonds. The monoisotopic (exact) mass is 1040 g/mol. The molecule has 0 atom stereocenters. The number of hydrogen-bond acceptors (Lipinski definition) is 12. The van der Waals surface area contributed by atoms with Crippen LogP contribution in [0, 0.1) is 16.2 Å². The zero-order valence-electron chi connectivity index (χ0n) is 46.2. The van der Waals surface area contributed by atoms with Gasteiger partial charge in [0.2, 0.25) is 0 Å². The van der Waals surface area contributed by atoms with Crippen LogP contribution in [0.15, 0.2) is 121 Å². The van der Waals surface area contributed by atoms with E-state index < -0.39 is 16.2 Å². The SMILES string of the molecule is C=C(C)C(=O)OCCOC.CCC(C)(C)C(=O)OCc1cc2cccc3ccc4cccc1c4c32.COCCOCCOCCOC(=O)C(C)(C)CCC(C)(C)C(=O)OCc1cc2cccc3ccc4cccc1c4c32. The van der Waals surface area contributed by atoms with Crippen molar-refractivity contribution in [3.63, 3.8) is 0 Å². The van der Waals surface area contributed by atoms with Crippen molar-refractivity contribution in [2.45, 2.75) is 87.9 Å². The maximum atomic E-state index is 13.2. The molecule has 0 unspecified atom stereocenters. The van der Waals surface area contributed by atoms with Crippen LogP contribution in [0.1, 0.15) is 85.8 Å². The predicted molar refractivity (Wildman–Crippen MR) is 303 cm³/mol. The van der Waals surface area contributed by atoms with Gasteiger partial charge in [-0.25, -0.2) is 4.79 Å². The molecule has 0 heterocycles. The fourth-order valence-corrected chi connectivity index (χ4v) is 8.76. The van der Waals surface area contributed by atoms with Gasteiger partial charge in [0, 0.05) is 19.8 Å². The minimum atomic E-state index is -0.761. The van der Waals surface area contributed by atoms with Crippen LogP contribution < -0.4 is 0 Å². The molecule has 8 aromatic rings. The fourth-order valence-electron chi connectivity index (χ4n) is 8.76. The van der Waals surface area contributed by atoms with Gasteiger partial charge < -0.3 is 37.9 Å². The highest BCUT2D eigenvalue weighted by Gasteiger charge is 2.36. The summed E-state index contributed by atoms with van der Waals surface area (Å²) in [5, 5.41) is 14.4. The first-order valence-electron chi connectivity index (χ1n) is 26.1. The Labute approximate surface area is 447 Å².